The zero-order valence-electron chi connectivity index (χ0n) is 12.3. The van der Waals surface area contributed by atoms with E-state index in [4.69, 9.17) is 0 Å². The van der Waals surface area contributed by atoms with E-state index in [1.54, 1.807) is 18.5 Å². The second-order valence-electron chi connectivity index (χ2n) is 5.21. The highest BCUT2D eigenvalue weighted by atomic mass is 16.1. The maximum atomic E-state index is 12.1. The van der Waals surface area contributed by atoms with Gasteiger partial charge in [-0.25, -0.2) is 0 Å². The van der Waals surface area contributed by atoms with Crippen molar-refractivity contribution in [1.82, 2.24) is 15.3 Å². The van der Waals surface area contributed by atoms with Crippen LogP contribution in [0.5, 0.6) is 0 Å². The molecule has 0 bridgehead atoms. The standard InChI is InChI=1S/C16H20N4O/c1-12(2)10-19-13-6-8-18-15(9-13)16(21)20-11-14-5-3-4-7-17-14/h3-9,12H,10-11H2,1-2H3,(H,18,19)(H,20,21). The lowest BCUT2D eigenvalue weighted by Crippen LogP contribution is -2.24. The van der Waals surface area contributed by atoms with Crippen LogP contribution >= 0.6 is 0 Å². The molecular weight excluding hydrogens is 264 g/mol. The molecule has 2 N–H and O–H groups in total. The van der Waals surface area contributed by atoms with Gasteiger partial charge in [-0.2, -0.15) is 0 Å². The summed E-state index contributed by atoms with van der Waals surface area (Å²) >= 11 is 0. The molecule has 2 heterocycles. The normalized spacial score (nSPS) is 10.4. The summed E-state index contributed by atoms with van der Waals surface area (Å²) < 4.78 is 0. The van der Waals surface area contributed by atoms with Crippen molar-refractivity contribution in [3.8, 4) is 0 Å². The number of amides is 1. The lowest BCUT2D eigenvalue weighted by molar-refractivity contribution is 0.0945. The molecular formula is C16H20N4O. The number of anilines is 1. The minimum absolute atomic E-state index is 0.200. The summed E-state index contributed by atoms with van der Waals surface area (Å²) in [6, 6.07) is 9.22. The summed E-state index contributed by atoms with van der Waals surface area (Å²) in [5, 5.41) is 6.10. The molecule has 110 valence electrons. The van der Waals surface area contributed by atoms with E-state index in [1.165, 1.54) is 0 Å². The minimum Gasteiger partial charge on any atom is -0.385 e. The minimum atomic E-state index is -0.200. The Morgan fingerprint density at radius 3 is 2.76 bits per heavy atom. The number of hydrogen-bond acceptors (Lipinski definition) is 4. The Labute approximate surface area is 124 Å². The Balaban J connectivity index is 1.94. The number of hydrogen-bond donors (Lipinski definition) is 2. The van der Waals surface area contributed by atoms with Gasteiger partial charge in [0.1, 0.15) is 5.69 Å². The summed E-state index contributed by atoms with van der Waals surface area (Å²) in [4.78, 5) is 20.3. The second kappa shape index (κ2) is 7.38. The molecule has 5 heteroatoms. The van der Waals surface area contributed by atoms with Gasteiger partial charge in [0.2, 0.25) is 0 Å². The van der Waals surface area contributed by atoms with Crippen LogP contribution in [0.4, 0.5) is 5.69 Å². The first-order valence-electron chi connectivity index (χ1n) is 7.03. The molecule has 0 aliphatic carbocycles. The Morgan fingerprint density at radius 1 is 1.19 bits per heavy atom. The van der Waals surface area contributed by atoms with Crippen LogP contribution in [0, 0.1) is 5.92 Å². The van der Waals surface area contributed by atoms with Crippen LogP contribution in [0.1, 0.15) is 30.0 Å². The largest absolute Gasteiger partial charge is 0.385 e. The molecule has 0 aliphatic rings. The van der Waals surface area contributed by atoms with E-state index in [0.717, 1.165) is 17.9 Å². The molecule has 0 saturated carbocycles. The van der Waals surface area contributed by atoms with E-state index in [0.29, 0.717) is 18.2 Å². The fourth-order valence-electron chi connectivity index (χ4n) is 1.75. The molecule has 2 aromatic heterocycles. The van der Waals surface area contributed by atoms with Crippen molar-refractivity contribution in [2.75, 3.05) is 11.9 Å². The first-order valence-corrected chi connectivity index (χ1v) is 7.03. The summed E-state index contributed by atoms with van der Waals surface area (Å²) in [6.07, 6.45) is 3.34. The molecule has 0 aliphatic heterocycles. The third kappa shape index (κ3) is 4.87. The summed E-state index contributed by atoms with van der Waals surface area (Å²) in [7, 11) is 0. The lowest BCUT2D eigenvalue weighted by Gasteiger charge is -2.10. The van der Waals surface area contributed by atoms with E-state index in [-0.39, 0.29) is 5.91 Å². The number of rotatable bonds is 6. The Kier molecular flexibility index (Phi) is 5.26. The number of nitrogens with zero attached hydrogens (tertiary/aromatic N) is 2. The predicted octanol–water partition coefficient (Wildman–Crippen LogP) is 2.47. The molecule has 0 radical (unpaired) electrons. The monoisotopic (exact) mass is 284 g/mol. The number of pyridine rings is 2. The third-order valence-electron chi connectivity index (χ3n) is 2.86. The molecule has 0 atom stereocenters. The quantitative estimate of drug-likeness (QED) is 0.855. The van der Waals surface area contributed by atoms with E-state index in [1.807, 2.05) is 24.3 Å². The van der Waals surface area contributed by atoms with Gasteiger partial charge in [-0.1, -0.05) is 19.9 Å². The van der Waals surface area contributed by atoms with Gasteiger partial charge in [0, 0.05) is 24.6 Å². The smallest absolute Gasteiger partial charge is 0.270 e. The molecule has 0 unspecified atom stereocenters. The van der Waals surface area contributed by atoms with Crippen LogP contribution in [0.15, 0.2) is 42.7 Å². The van der Waals surface area contributed by atoms with E-state index in [2.05, 4.69) is 34.4 Å². The zero-order chi connectivity index (χ0) is 15.1. The summed E-state index contributed by atoms with van der Waals surface area (Å²) in [5.41, 5.74) is 2.13. The van der Waals surface area contributed by atoms with Crippen molar-refractivity contribution in [2.45, 2.75) is 20.4 Å². The van der Waals surface area contributed by atoms with Crippen molar-refractivity contribution in [1.29, 1.82) is 0 Å². The zero-order valence-corrected chi connectivity index (χ0v) is 12.3. The van der Waals surface area contributed by atoms with Gasteiger partial charge in [0.15, 0.2) is 0 Å². The molecule has 0 saturated heterocycles. The van der Waals surface area contributed by atoms with Gasteiger partial charge in [0.05, 0.1) is 12.2 Å². The van der Waals surface area contributed by atoms with Crippen LogP contribution in [-0.2, 0) is 6.54 Å². The highest BCUT2D eigenvalue weighted by Crippen LogP contribution is 2.09. The fourth-order valence-corrected chi connectivity index (χ4v) is 1.75. The third-order valence-corrected chi connectivity index (χ3v) is 2.86. The van der Waals surface area contributed by atoms with Crippen LogP contribution < -0.4 is 10.6 Å². The summed E-state index contributed by atoms with van der Waals surface area (Å²) in [6.45, 7) is 5.52. The molecule has 5 nitrogen and oxygen atoms in total. The Morgan fingerprint density at radius 2 is 2.05 bits per heavy atom. The van der Waals surface area contributed by atoms with Crippen molar-refractivity contribution >= 4 is 11.6 Å². The highest BCUT2D eigenvalue weighted by Gasteiger charge is 2.08. The Hall–Kier alpha value is -2.43. The second-order valence-corrected chi connectivity index (χ2v) is 5.21. The Bertz CT molecular complexity index is 584. The van der Waals surface area contributed by atoms with Crippen molar-refractivity contribution in [2.24, 2.45) is 5.92 Å². The lowest BCUT2D eigenvalue weighted by atomic mass is 10.2. The number of aromatic nitrogens is 2. The average Bonchev–Trinajstić information content (AvgIpc) is 2.52. The predicted molar refractivity (Wildman–Crippen MR) is 83.0 cm³/mol. The molecule has 0 fully saturated rings. The summed E-state index contributed by atoms with van der Waals surface area (Å²) in [5.74, 6) is 0.341. The molecule has 2 rings (SSSR count). The van der Waals surface area contributed by atoms with Crippen LogP contribution in [0.3, 0.4) is 0 Å². The van der Waals surface area contributed by atoms with Gasteiger partial charge in [-0.15, -0.1) is 0 Å². The molecule has 21 heavy (non-hydrogen) atoms. The van der Waals surface area contributed by atoms with Gasteiger partial charge < -0.3 is 10.6 Å². The van der Waals surface area contributed by atoms with E-state index < -0.39 is 0 Å². The maximum absolute atomic E-state index is 12.1. The molecule has 0 aromatic carbocycles. The highest BCUT2D eigenvalue weighted by molar-refractivity contribution is 5.93. The van der Waals surface area contributed by atoms with Gasteiger partial charge in [-0.05, 0) is 30.2 Å². The van der Waals surface area contributed by atoms with Crippen molar-refractivity contribution in [3.05, 3.63) is 54.1 Å². The molecule has 0 spiro atoms. The van der Waals surface area contributed by atoms with Gasteiger partial charge >= 0.3 is 0 Å². The van der Waals surface area contributed by atoms with E-state index >= 15 is 0 Å². The van der Waals surface area contributed by atoms with Crippen LogP contribution in [-0.4, -0.2) is 22.4 Å². The first kappa shape index (κ1) is 15.0. The number of carbonyl (C=O) groups is 1. The number of nitrogens with one attached hydrogen (secondary N) is 2. The maximum Gasteiger partial charge on any atom is 0.270 e. The van der Waals surface area contributed by atoms with Crippen LogP contribution in [0.25, 0.3) is 0 Å². The van der Waals surface area contributed by atoms with Crippen LogP contribution in [0.2, 0.25) is 0 Å². The topological polar surface area (TPSA) is 66.9 Å². The van der Waals surface area contributed by atoms with E-state index in [9.17, 15) is 4.79 Å². The molecule has 1 amide bonds. The first-order chi connectivity index (χ1) is 10.1. The van der Waals surface area contributed by atoms with Crippen molar-refractivity contribution in [3.63, 3.8) is 0 Å². The van der Waals surface area contributed by atoms with Gasteiger partial charge in [-0.3, -0.25) is 14.8 Å². The SMILES string of the molecule is CC(C)CNc1ccnc(C(=O)NCc2ccccn2)c1. The average molecular weight is 284 g/mol. The molecule has 2 aromatic rings. The number of carbonyl (C=O) groups excluding carboxylic acids is 1. The fraction of sp³-hybridized carbons (Fsp3) is 0.312. The van der Waals surface area contributed by atoms with Crippen molar-refractivity contribution < 1.29 is 4.79 Å². The van der Waals surface area contributed by atoms with Gasteiger partial charge in [0.25, 0.3) is 5.91 Å².